The van der Waals surface area contributed by atoms with Gasteiger partial charge in [0.1, 0.15) is 0 Å². The topological polar surface area (TPSA) is 27.8 Å². The molecular weight excluding hydrogens is 264 g/mol. The van der Waals surface area contributed by atoms with Crippen LogP contribution in [0.25, 0.3) is 10.9 Å². The Hall–Kier alpha value is -1.58. The maximum Gasteiger partial charge on any atom is 0.0457 e. The number of hydrogen-bond donors (Lipinski definition) is 2. The summed E-state index contributed by atoms with van der Waals surface area (Å²) in [4.78, 5) is 6.37. The predicted molar refractivity (Wildman–Crippen MR) is 85.2 cm³/mol. The predicted octanol–water partition coefficient (Wildman–Crippen LogP) is 4.01. The molecule has 20 heavy (non-hydrogen) atoms. The third kappa shape index (κ3) is 2.28. The van der Waals surface area contributed by atoms with Gasteiger partial charge < -0.3 is 10.3 Å². The van der Waals surface area contributed by atoms with Crippen LogP contribution in [0, 0.1) is 0 Å². The van der Waals surface area contributed by atoms with Gasteiger partial charge in [-0.2, -0.15) is 0 Å². The van der Waals surface area contributed by atoms with Gasteiger partial charge in [-0.3, -0.25) is 0 Å². The van der Waals surface area contributed by atoms with Crippen molar-refractivity contribution in [3.63, 3.8) is 0 Å². The van der Waals surface area contributed by atoms with Gasteiger partial charge in [-0.05, 0) is 54.0 Å². The maximum absolute atomic E-state index is 3.56. The Morgan fingerprint density at radius 2 is 2.10 bits per heavy atom. The van der Waals surface area contributed by atoms with E-state index < -0.39 is 0 Å². The summed E-state index contributed by atoms with van der Waals surface area (Å²) in [5.41, 5.74) is 4.16. The molecule has 4 rings (SSSR count). The molecule has 0 amide bonds. The van der Waals surface area contributed by atoms with E-state index in [-0.39, 0.29) is 0 Å². The highest BCUT2D eigenvalue weighted by molar-refractivity contribution is 7.12. The fourth-order valence-corrected chi connectivity index (χ4v) is 4.24. The van der Waals surface area contributed by atoms with Crippen LogP contribution >= 0.6 is 11.3 Å². The van der Waals surface area contributed by atoms with E-state index in [9.17, 15) is 0 Å². The first kappa shape index (κ1) is 12.2. The molecule has 102 valence electrons. The number of H-pyrrole nitrogens is 1. The first-order valence-electron chi connectivity index (χ1n) is 7.26. The highest BCUT2D eigenvalue weighted by Crippen LogP contribution is 2.30. The molecule has 0 aliphatic heterocycles. The minimum atomic E-state index is 0.928. The van der Waals surface area contributed by atoms with Crippen molar-refractivity contribution in [3.05, 3.63) is 57.4 Å². The standard InChI is InChI=1S/C17H18N2S/c1-2-14-9-15(20-17(14)3-1)11-18-10-12-4-5-13-6-7-19-16(13)8-12/h4-9,18-19H,1-3,10-11H2. The van der Waals surface area contributed by atoms with E-state index in [0.29, 0.717) is 0 Å². The highest BCUT2D eigenvalue weighted by atomic mass is 32.1. The molecule has 0 atom stereocenters. The van der Waals surface area contributed by atoms with E-state index in [1.165, 1.54) is 40.6 Å². The number of hydrogen-bond acceptors (Lipinski definition) is 2. The second-order valence-corrected chi connectivity index (χ2v) is 6.74. The molecule has 0 saturated heterocycles. The molecule has 0 fully saturated rings. The molecule has 0 bridgehead atoms. The van der Waals surface area contributed by atoms with Crippen molar-refractivity contribution in [2.75, 3.05) is 0 Å². The zero-order valence-electron chi connectivity index (χ0n) is 11.4. The quantitative estimate of drug-likeness (QED) is 0.743. The van der Waals surface area contributed by atoms with E-state index in [1.54, 1.807) is 10.4 Å². The molecule has 2 N–H and O–H groups in total. The summed E-state index contributed by atoms with van der Waals surface area (Å²) in [7, 11) is 0. The second kappa shape index (κ2) is 5.08. The molecule has 0 unspecified atom stereocenters. The number of benzene rings is 1. The number of aromatic nitrogens is 1. The van der Waals surface area contributed by atoms with Crippen LogP contribution in [0.1, 0.15) is 27.3 Å². The lowest BCUT2D eigenvalue weighted by molar-refractivity contribution is 0.701. The largest absolute Gasteiger partial charge is 0.361 e. The smallest absolute Gasteiger partial charge is 0.0457 e. The van der Waals surface area contributed by atoms with Crippen LogP contribution in [-0.2, 0) is 25.9 Å². The molecule has 2 aromatic heterocycles. The maximum atomic E-state index is 3.56. The Morgan fingerprint density at radius 3 is 3.05 bits per heavy atom. The Bertz CT molecular complexity index is 717. The van der Waals surface area contributed by atoms with Crippen molar-refractivity contribution < 1.29 is 0 Å². The van der Waals surface area contributed by atoms with Crippen LogP contribution in [0.4, 0.5) is 0 Å². The second-order valence-electron chi connectivity index (χ2n) is 5.52. The number of nitrogens with one attached hydrogen (secondary N) is 2. The molecule has 3 aromatic rings. The Kier molecular flexibility index (Phi) is 3.09. The van der Waals surface area contributed by atoms with Gasteiger partial charge in [0.05, 0.1) is 0 Å². The molecular formula is C17H18N2S. The number of aromatic amines is 1. The van der Waals surface area contributed by atoms with Gasteiger partial charge in [0.15, 0.2) is 0 Å². The summed E-state index contributed by atoms with van der Waals surface area (Å²) in [5.74, 6) is 0. The fraction of sp³-hybridized carbons (Fsp3) is 0.294. The van der Waals surface area contributed by atoms with Gasteiger partial charge in [-0.1, -0.05) is 12.1 Å². The van der Waals surface area contributed by atoms with Gasteiger partial charge >= 0.3 is 0 Å². The fourth-order valence-electron chi connectivity index (χ4n) is 3.01. The first-order valence-corrected chi connectivity index (χ1v) is 8.07. The average Bonchev–Trinajstić information content (AvgIpc) is 3.12. The molecule has 3 heteroatoms. The monoisotopic (exact) mass is 282 g/mol. The molecule has 2 nitrogen and oxygen atoms in total. The van der Waals surface area contributed by atoms with Crippen LogP contribution in [0.3, 0.4) is 0 Å². The van der Waals surface area contributed by atoms with Crippen molar-refractivity contribution in [2.24, 2.45) is 0 Å². The normalized spacial score (nSPS) is 14.0. The van der Waals surface area contributed by atoms with Crippen LogP contribution < -0.4 is 5.32 Å². The third-order valence-corrected chi connectivity index (χ3v) is 5.28. The molecule has 1 aliphatic carbocycles. The van der Waals surface area contributed by atoms with Gasteiger partial charge in [0, 0.05) is 34.6 Å². The van der Waals surface area contributed by atoms with E-state index in [2.05, 4.69) is 40.6 Å². The van der Waals surface area contributed by atoms with Crippen molar-refractivity contribution in [2.45, 2.75) is 32.4 Å². The molecule has 0 radical (unpaired) electrons. The lowest BCUT2D eigenvalue weighted by Gasteiger charge is -2.04. The van der Waals surface area contributed by atoms with Crippen LogP contribution in [0.2, 0.25) is 0 Å². The lowest BCUT2D eigenvalue weighted by Crippen LogP contribution is -2.11. The zero-order chi connectivity index (χ0) is 13.4. The van der Waals surface area contributed by atoms with Gasteiger partial charge in [0.2, 0.25) is 0 Å². The minimum absolute atomic E-state index is 0.928. The summed E-state index contributed by atoms with van der Waals surface area (Å²) >= 11 is 1.99. The Balaban J connectivity index is 1.39. The Morgan fingerprint density at radius 1 is 1.10 bits per heavy atom. The van der Waals surface area contributed by atoms with E-state index in [0.717, 1.165) is 13.1 Å². The summed E-state index contributed by atoms with van der Waals surface area (Å²) in [6.07, 6.45) is 5.93. The lowest BCUT2D eigenvalue weighted by atomic mass is 10.1. The van der Waals surface area contributed by atoms with Crippen molar-refractivity contribution >= 4 is 22.2 Å². The number of aryl methyl sites for hydroxylation is 2. The molecule has 2 heterocycles. The number of rotatable bonds is 4. The summed E-state index contributed by atoms with van der Waals surface area (Å²) < 4.78 is 0. The van der Waals surface area contributed by atoms with E-state index in [1.807, 2.05) is 17.5 Å². The van der Waals surface area contributed by atoms with E-state index in [4.69, 9.17) is 0 Å². The summed E-state index contributed by atoms with van der Waals surface area (Å²) in [6.45, 7) is 1.91. The molecule has 1 aliphatic rings. The van der Waals surface area contributed by atoms with Crippen LogP contribution in [0.15, 0.2) is 36.5 Å². The Labute approximate surface area is 122 Å². The average molecular weight is 282 g/mol. The summed E-state index contributed by atoms with van der Waals surface area (Å²) in [6, 6.07) is 11.1. The first-order chi connectivity index (χ1) is 9.88. The molecule has 0 saturated carbocycles. The highest BCUT2D eigenvalue weighted by Gasteiger charge is 2.14. The van der Waals surface area contributed by atoms with Gasteiger partial charge in [-0.15, -0.1) is 11.3 Å². The van der Waals surface area contributed by atoms with Crippen molar-refractivity contribution in [1.29, 1.82) is 0 Å². The molecule has 1 aromatic carbocycles. The SMILES string of the molecule is c1cc2ccc(CNCc3cc4c(s3)CCC4)cc2[nH]1. The zero-order valence-corrected chi connectivity index (χ0v) is 12.2. The van der Waals surface area contributed by atoms with Crippen molar-refractivity contribution in [3.8, 4) is 0 Å². The van der Waals surface area contributed by atoms with Crippen molar-refractivity contribution in [1.82, 2.24) is 10.3 Å². The van der Waals surface area contributed by atoms with E-state index >= 15 is 0 Å². The minimum Gasteiger partial charge on any atom is -0.361 e. The van der Waals surface area contributed by atoms with Gasteiger partial charge in [0.25, 0.3) is 0 Å². The number of fused-ring (bicyclic) bond motifs is 2. The third-order valence-electron chi connectivity index (χ3n) is 4.05. The van der Waals surface area contributed by atoms with Crippen LogP contribution in [-0.4, -0.2) is 4.98 Å². The number of thiophene rings is 1. The van der Waals surface area contributed by atoms with Gasteiger partial charge in [-0.25, -0.2) is 0 Å². The molecule has 0 spiro atoms. The van der Waals surface area contributed by atoms with Crippen LogP contribution in [0.5, 0.6) is 0 Å². The summed E-state index contributed by atoms with van der Waals surface area (Å²) in [5, 5.41) is 4.84.